The molecule has 0 radical (unpaired) electrons. The number of hydrogen-bond acceptors (Lipinski definition) is 4. The van der Waals surface area contributed by atoms with Crippen LogP contribution in [0.5, 0.6) is 0 Å². The molecule has 7 nitrogen and oxygen atoms in total. The predicted molar refractivity (Wildman–Crippen MR) is 72.6 cm³/mol. The third-order valence-corrected chi connectivity index (χ3v) is 3.17. The van der Waals surface area contributed by atoms with Crippen LogP contribution >= 0.6 is 12.4 Å². The molecule has 8 heteroatoms. The van der Waals surface area contributed by atoms with Crippen LogP contribution in [-0.2, 0) is 0 Å². The minimum Gasteiger partial charge on any atom is -0.351 e. The number of hydrogen-bond donors (Lipinski definition) is 2. The fourth-order valence-corrected chi connectivity index (χ4v) is 2.25. The van der Waals surface area contributed by atoms with Crippen molar-refractivity contribution in [3.8, 4) is 0 Å². The molecule has 0 spiro atoms. The molecule has 2 rings (SSSR count). The Morgan fingerprint density at radius 3 is 3.00 bits per heavy atom. The smallest absolute Gasteiger partial charge is 0.287 e. The lowest BCUT2D eigenvalue weighted by atomic mass is 10.1. The second-order valence-corrected chi connectivity index (χ2v) is 4.49. The van der Waals surface area contributed by atoms with E-state index in [0.717, 1.165) is 13.0 Å². The first-order valence-electron chi connectivity index (χ1n) is 5.88. The highest BCUT2D eigenvalue weighted by atomic mass is 35.5. The number of likely N-dealkylation sites (tertiary alicyclic amines) is 1. The van der Waals surface area contributed by atoms with Crippen LogP contribution in [-0.4, -0.2) is 47.4 Å². The molecule has 1 aliphatic rings. The summed E-state index contributed by atoms with van der Waals surface area (Å²) >= 11 is 0. The van der Waals surface area contributed by atoms with Gasteiger partial charge in [0.2, 0.25) is 0 Å². The molecule has 1 aliphatic heterocycles. The number of carbonyl (C=O) groups is 1. The van der Waals surface area contributed by atoms with Crippen LogP contribution in [0.15, 0.2) is 12.3 Å². The lowest BCUT2D eigenvalue weighted by Crippen LogP contribution is -2.30. The zero-order valence-corrected chi connectivity index (χ0v) is 11.4. The zero-order chi connectivity index (χ0) is 13.1. The molecule has 1 aromatic rings. The summed E-state index contributed by atoms with van der Waals surface area (Å²) in [5, 5.41) is 13.6. The minimum absolute atomic E-state index is 0. The Labute approximate surface area is 116 Å². The van der Waals surface area contributed by atoms with Crippen molar-refractivity contribution in [1.82, 2.24) is 15.2 Å². The van der Waals surface area contributed by atoms with E-state index in [9.17, 15) is 14.9 Å². The fraction of sp³-hybridized carbons (Fsp3) is 0.545. The van der Waals surface area contributed by atoms with Gasteiger partial charge in [-0.1, -0.05) is 0 Å². The molecule has 19 heavy (non-hydrogen) atoms. The highest BCUT2D eigenvalue weighted by Gasteiger charge is 2.27. The number of nitro groups is 1. The van der Waals surface area contributed by atoms with Crippen molar-refractivity contribution >= 4 is 24.0 Å². The topological polar surface area (TPSA) is 91.3 Å². The lowest BCUT2D eigenvalue weighted by molar-refractivity contribution is -0.384. The van der Waals surface area contributed by atoms with Gasteiger partial charge < -0.3 is 15.2 Å². The maximum absolute atomic E-state index is 12.1. The van der Waals surface area contributed by atoms with E-state index in [1.165, 1.54) is 12.3 Å². The van der Waals surface area contributed by atoms with E-state index in [1.807, 2.05) is 7.05 Å². The van der Waals surface area contributed by atoms with E-state index in [4.69, 9.17) is 0 Å². The van der Waals surface area contributed by atoms with Crippen molar-refractivity contribution in [3.63, 3.8) is 0 Å². The van der Waals surface area contributed by atoms with Gasteiger partial charge in [0.05, 0.1) is 11.1 Å². The van der Waals surface area contributed by atoms with Crippen LogP contribution < -0.4 is 5.32 Å². The summed E-state index contributed by atoms with van der Waals surface area (Å²) in [6, 6.07) is 1.29. The average molecular weight is 289 g/mol. The predicted octanol–water partition coefficient (Wildman–Crippen LogP) is 1.03. The van der Waals surface area contributed by atoms with Gasteiger partial charge in [-0.25, -0.2) is 0 Å². The Bertz CT molecular complexity index is 463. The van der Waals surface area contributed by atoms with Crippen molar-refractivity contribution in [2.45, 2.75) is 6.42 Å². The molecule has 0 aromatic carbocycles. The van der Waals surface area contributed by atoms with E-state index in [-0.39, 0.29) is 29.7 Å². The van der Waals surface area contributed by atoms with Gasteiger partial charge in [0.15, 0.2) is 0 Å². The molecule has 1 atom stereocenters. The van der Waals surface area contributed by atoms with Crippen molar-refractivity contribution < 1.29 is 9.72 Å². The first kappa shape index (κ1) is 15.5. The summed E-state index contributed by atoms with van der Waals surface area (Å²) in [6.45, 7) is 2.29. The van der Waals surface area contributed by atoms with Crippen molar-refractivity contribution in [1.29, 1.82) is 0 Å². The largest absolute Gasteiger partial charge is 0.351 e. The third-order valence-electron chi connectivity index (χ3n) is 3.17. The van der Waals surface area contributed by atoms with E-state index < -0.39 is 4.92 Å². The molecule has 106 valence electrons. The number of amides is 1. The second kappa shape index (κ2) is 6.53. The van der Waals surface area contributed by atoms with Gasteiger partial charge in [0.25, 0.3) is 11.6 Å². The molecule has 2 heterocycles. The standard InChI is InChI=1S/C11H16N4O3.ClH/c1-12-5-8-2-3-14(7-8)11(16)10-4-9(6-13-10)15(17)18;/h4,6,8,12-13H,2-3,5,7H2,1H3;1H. The monoisotopic (exact) mass is 288 g/mol. The third kappa shape index (κ3) is 3.45. The molecule has 1 unspecified atom stereocenters. The Morgan fingerprint density at radius 1 is 1.68 bits per heavy atom. The number of rotatable bonds is 4. The van der Waals surface area contributed by atoms with Gasteiger partial charge >= 0.3 is 0 Å². The highest BCUT2D eigenvalue weighted by Crippen LogP contribution is 2.19. The maximum atomic E-state index is 12.1. The van der Waals surface area contributed by atoms with E-state index in [1.54, 1.807) is 4.90 Å². The summed E-state index contributed by atoms with van der Waals surface area (Å²) in [5.74, 6) is 0.297. The van der Waals surface area contributed by atoms with E-state index >= 15 is 0 Å². The van der Waals surface area contributed by atoms with Gasteiger partial charge in [-0.2, -0.15) is 0 Å². The van der Waals surface area contributed by atoms with Crippen molar-refractivity contribution in [3.05, 3.63) is 28.1 Å². The molecular formula is C11H17ClN4O3. The number of nitrogens with one attached hydrogen (secondary N) is 2. The van der Waals surface area contributed by atoms with Crippen LogP contribution in [0.4, 0.5) is 5.69 Å². The summed E-state index contributed by atoms with van der Waals surface area (Å²) in [7, 11) is 1.89. The Kier molecular flexibility index (Phi) is 5.31. The lowest BCUT2D eigenvalue weighted by Gasteiger charge is -2.15. The fourth-order valence-electron chi connectivity index (χ4n) is 2.25. The summed E-state index contributed by atoms with van der Waals surface area (Å²) in [5.41, 5.74) is 0.205. The molecule has 1 saturated heterocycles. The van der Waals surface area contributed by atoms with Gasteiger partial charge in [0, 0.05) is 19.2 Å². The molecular weight excluding hydrogens is 272 g/mol. The summed E-state index contributed by atoms with van der Waals surface area (Å²) in [4.78, 5) is 26.5. The first-order chi connectivity index (χ1) is 8.61. The van der Waals surface area contributed by atoms with Crippen LogP contribution in [0.1, 0.15) is 16.9 Å². The van der Waals surface area contributed by atoms with Gasteiger partial charge in [-0.05, 0) is 25.9 Å². The van der Waals surface area contributed by atoms with E-state index in [0.29, 0.717) is 19.0 Å². The van der Waals surface area contributed by atoms with Crippen LogP contribution in [0.25, 0.3) is 0 Å². The number of nitrogens with zero attached hydrogens (tertiary/aromatic N) is 2. The minimum atomic E-state index is -0.513. The Balaban J connectivity index is 0.00000180. The summed E-state index contributed by atoms with van der Waals surface area (Å²) in [6.07, 6.45) is 2.21. The van der Waals surface area contributed by atoms with Gasteiger partial charge in [-0.3, -0.25) is 14.9 Å². The average Bonchev–Trinajstić information content (AvgIpc) is 2.97. The Hall–Kier alpha value is -1.60. The number of halogens is 1. The maximum Gasteiger partial charge on any atom is 0.287 e. The summed E-state index contributed by atoms with van der Waals surface area (Å²) < 4.78 is 0. The normalized spacial score (nSPS) is 18.2. The second-order valence-electron chi connectivity index (χ2n) is 4.49. The van der Waals surface area contributed by atoms with Crippen molar-refractivity contribution in [2.75, 3.05) is 26.7 Å². The number of aromatic nitrogens is 1. The molecule has 1 fully saturated rings. The van der Waals surface area contributed by atoms with Crippen LogP contribution in [0.3, 0.4) is 0 Å². The molecule has 0 aliphatic carbocycles. The number of carbonyl (C=O) groups excluding carboxylic acids is 1. The molecule has 1 aromatic heterocycles. The zero-order valence-electron chi connectivity index (χ0n) is 10.6. The SMILES string of the molecule is CNCC1CCN(C(=O)c2cc([N+](=O)[O-])c[nH]2)C1.Cl. The molecule has 0 bridgehead atoms. The van der Waals surface area contributed by atoms with Crippen LogP contribution in [0, 0.1) is 16.0 Å². The van der Waals surface area contributed by atoms with Crippen LogP contribution in [0.2, 0.25) is 0 Å². The quantitative estimate of drug-likeness (QED) is 0.639. The van der Waals surface area contributed by atoms with Crippen molar-refractivity contribution in [2.24, 2.45) is 5.92 Å². The molecule has 1 amide bonds. The van der Waals surface area contributed by atoms with Gasteiger partial charge in [0.1, 0.15) is 5.69 Å². The number of H-pyrrole nitrogens is 1. The number of aromatic amines is 1. The molecule has 2 N–H and O–H groups in total. The van der Waals surface area contributed by atoms with E-state index in [2.05, 4.69) is 10.3 Å². The molecule has 0 saturated carbocycles. The van der Waals surface area contributed by atoms with Gasteiger partial charge in [-0.15, -0.1) is 12.4 Å². The first-order valence-corrected chi connectivity index (χ1v) is 5.88. The highest BCUT2D eigenvalue weighted by molar-refractivity contribution is 5.93. The Morgan fingerprint density at radius 2 is 2.42 bits per heavy atom.